The van der Waals surface area contributed by atoms with E-state index in [0.717, 1.165) is 11.3 Å². The molecule has 1 nitrogen and oxygen atoms in total. The van der Waals surface area contributed by atoms with Crippen molar-refractivity contribution in [2.75, 3.05) is 0 Å². The Bertz CT molecular complexity index is 492. The van der Waals surface area contributed by atoms with Crippen LogP contribution in [0.4, 0.5) is 0 Å². The van der Waals surface area contributed by atoms with Crippen molar-refractivity contribution < 1.29 is 0 Å². The molecule has 0 fully saturated rings. The Morgan fingerprint density at radius 2 is 2.07 bits per heavy atom. The molecule has 0 unspecified atom stereocenters. The number of hydrogen-bond acceptors (Lipinski definition) is 1. The Morgan fingerprint density at radius 3 is 2.73 bits per heavy atom. The van der Waals surface area contributed by atoms with Crippen molar-refractivity contribution in [3.05, 3.63) is 64.9 Å². The highest BCUT2D eigenvalue weighted by molar-refractivity contribution is 6.30. The molecule has 0 amide bonds. The summed E-state index contributed by atoms with van der Waals surface area (Å²) in [4.78, 5) is 4.10. The summed E-state index contributed by atoms with van der Waals surface area (Å²) < 4.78 is 0. The first-order valence-electron chi connectivity index (χ1n) is 4.45. The van der Waals surface area contributed by atoms with Crippen LogP contribution in [0.15, 0.2) is 42.6 Å². The molecule has 2 aromatic rings. The van der Waals surface area contributed by atoms with Gasteiger partial charge in [0.15, 0.2) is 0 Å². The molecule has 0 atom stereocenters. The van der Waals surface area contributed by atoms with Crippen LogP contribution in [0.1, 0.15) is 11.3 Å². The van der Waals surface area contributed by atoms with E-state index in [1.807, 2.05) is 24.3 Å². The van der Waals surface area contributed by atoms with E-state index in [2.05, 4.69) is 22.9 Å². The molecule has 1 aromatic heterocycles. The minimum Gasteiger partial charge on any atom is -0.248 e. The first-order chi connectivity index (χ1) is 7.34. The maximum absolute atomic E-state index is 5.71. The molecule has 0 aliphatic carbocycles. The third-order valence-corrected chi connectivity index (χ3v) is 2.01. The second-order valence-corrected chi connectivity index (χ2v) is 3.30. The van der Waals surface area contributed by atoms with Crippen molar-refractivity contribution in [1.29, 1.82) is 0 Å². The van der Waals surface area contributed by atoms with E-state index in [1.54, 1.807) is 18.3 Å². The smallest absolute Gasteiger partial charge is 0.113 e. The highest BCUT2D eigenvalue weighted by Gasteiger charge is 1.88. The van der Waals surface area contributed by atoms with Gasteiger partial charge >= 0.3 is 0 Å². The summed E-state index contributed by atoms with van der Waals surface area (Å²) in [5, 5.41) is 0.596. The molecule has 0 N–H and O–H groups in total. The molecule has 2 heteroatoms. The third-order valence-electron chi connectivity index (χ3n) is 1.77. The van der Waals surface area contributed by atoms with Gasteiger partial charge in [-0.3, -0.25) is 0 Å². The second kappa shape index (κ2) is 4.63. The highest BCUT2D eigenvalue weighted by Crippen LogP contribution is 2.07. The monoisotopic (exact) mass is 212 g/mol. The summed E-state index contributed by atoms with van der Waals surface area (Å²) >= 11 is 5.71. The zero-order chi connectivity index (χ0) is 10.5. The molecule has 0 saturated heterocycles. The average molecular weight is 213 g/mol. The van der Waals surface area contributed by atoms with Crippen LogP contribution >= 0.6 is 11.6 Å². The van der Waals surface area contributed by atoms with Gasteiger partial charge in [0.25, 0.3) is 0 Å². The van der Waals surface area contributed by atoms with Gasteiger partial charge in [-0.15, -0.1) is 0 Å². The molecule has 0 bridgehead atoms. The summed E-state index contributed by atoms with van der Waals surface area (Å²) in [6.07, 6.45) is 1.72. The zero-order valence-corrected chi connectivity index (χ0v) is 8.62. The molecule has 0 aliphatic rings. The molecule has 71 valence electrons. The number of hydrogen-bond donors (Lipinski definition) is 0. The number of pyridine rings is 1. The van der Waals surface area contributed by atoms with Crippen LogP contribution in [0.25, 0.3) is 0 Å². The molecule has 15 heavy (non-hydrogen) atoms. The Labute approximate surface area is 93.7 Å². The van der Waals surface area contributed by atoms with Gasteiger partial charge in [-0.05, 0) is 36.3 Å². The van der Waals surface area contributed by atoms with Gasteiger partial charge in [0.1, 0.15) is 5.69 Å². The van der Waals surface area contributed by atoms with Gasteiger partial charge in [0, 0.05) is 22.8 Å². The van der Waals surface area contributed by atoms with Crippen molar-refractivity contribution >= 4 is 11.6 Å². The minimum atomic E-state index is 0.596. The molecule has 0 saturated carbocycles. The summed E-state index contributed by atoms with van der Waals surface area (Å²) in [5.41, 5.74) is 1.64. The lowest BCUT2D eigenvalue weighted by molar-refractivity contribution is 1.29. The first-order valence-corrected chi connectivity index (χ1v) is 4.83. The first kappa shape index (κ1) is 9.76. The van der Waals surface area contributed by atoms with E-state index in [-0.39, 0.29) is 0 Å². The number of benzene rings is 1. The Morgan fingerprint density at radius 1 is 1.13 bits per heavy atom. The molecule has 1 heterocycles. The van der Waals surface area contributed by atoms with Gasteiger partial charge in [0.05, 0.1) is 0 Å². The number of rotatable bonds is 0. The molecule has 1 radical (unpaired) electrons. The highest BCUT2D eigenvalue weighted by atomic mass is 35.5. The van der Waals surface area contributed by atoms with Gasteiger partial charge in [0.2, 0.25) is 0 Å². The van der Waals surface area contributed by atoms with Gasteiger partial charge in [-0.25, -0.2) is 4.98 Å². The van der Waals surface area contributed by atoms with E-state index in [0.29, 0.717) is 5.02 Å². The summed E-state index contributed by atoms with van der Waals surface area (Å²) in [5.74, 6) is 5.94. The standard InChI is InChI=1S/C13H7ClN/c14-12-7-4-11(5-8-12)6-9-13-3-1-2-10-15-13/h1-5,7,10H. The van der Waals surface area contributed by atoms with Gasteiger partial charge in [-0.2, -0.15) is 0 Å². The van der Waals surface area contributed by atoms with E-state index in [1.165, 1.54) is 0 Å². The number of aromatic nitrogens is 1. The molecule has 0 aliphatic heterocycles. The van der Waals surface area contributed by atoms with Crippen molar-refractivity contribution in [3.63, 3.8) is 0 Å². The quantitative estimate of drug-likeness (QED) is 0.612. The van der Waals surface area contributed by atoms with Crippen LogP contribution in [0.5, 0.6) is 0 Å². The van der Waals surface area contributed by atoms with Crippen molar-refractivity contribution in [2.45, 2.75) is 0 Å². The summed E-state index contributed by atoms with van der Waals surface area (Å²) in [6, 6.07) is 13.9. The third kappa shape index (κ3) is 2.83. The summed E-state index contributed by atoms with van der Waals surface area (Å²) in [7, 11) is 0. The van der Waals surface area contributed by atoms with Crippen molar-refractivity contribution in [2.24, 2.45) is 0 Å². The Kier molecular flexibility index (Phi) is 3.02. The number of nitrogens with zero attached hydrogens (tertiary/aromatic N) is 1. The lowest BCUT2D eigenvalue weighted by atomic mass is 10.2. The van der Waals surface area contributed by atoms with Crippen LogP contribution in [0.3, 0.4) is 0 Å². The second-order valence-electron chi connectivity index (χ2n) is 2.89. The maximum atomic E-state index is 5.71. The predicted molar refractivity (Wildman–Crippen MR) is 60.5 cm³/mol. The van der Waals surface area contributed by atoms with E-state index in [9.17, 15) is 0 Å². The topological polar surface area (TPSA) is 12.9 Å². The van der Waals surface area contributed by atoms with E-state index < -0.39 is 0 Å². The van der Waals surface area contributed by atoms with Crippen LogP contribution in [-0.2, 0) is 0 Å². The van der Waals surface area contributed by atoms with Crippen molar-refractivity contribution in [3.8, 4) is 11.8 Å². The van der Waals surface area contributed by atoms with Crippen LogP contribution in [0.2, 0.25) is 5.02 Å². The van der Waals surface area contributed by atoms with Crippen LogP contribution < -0.4 is 0 Å². The number of halogens is 1. The zero-order valence-electron chi connectivity index (χ0n) is 7.87. The molecular formula is C13H7ClN. The maximum Gasteiger partial charge on any atom is 0.113 e. The molecule has 1 aromatic carbocycles. The van der Waals surface area contributed by atoms with Crippen molar-refractivity contribution in [1.82, 2.24) is 4.98 Å². The SMILES string of the molecule is Clc1[c]cc(C#Cc2ccccn2)cc1. The fourth-order valence-electron chi connectivity index (χ4n) is 1.06. The Hall–Kier alpha value is -1.78. The molecule has 0 spiro atoms. The lowest BCUT2D eigenvalue weighted by Gasteiger charge is -1.89. The lowest BCUT2D eigenvalue weighted by Crippen LogP contribution is -1.79. The molecular weight excluding hydrogens is 206 g/mol. The molecule has 2 rings (SSSR count). The van der Waals surface area contributed by atoms with E-state index in [4.69, 9.17) is 11.6 Å². The Balaban J connectivity index is 2.22. The summed E-state index contributed by atoms with van der Waals surface area (Å²) in [6.45, 7) is 0. The normalized spacial score (nSPS) is 9.13. The van der Waals surface area contributed by atoms with E-state index >= 15 is 0 Å². The van der Waals surface area contributed by atoms with Crippen LogP contribution in [-0.4, -0.2) is 4.98 Å². The van der Waals surface area contributed by atoms with Gasteiger partial charge in [-0.1, -0.05) is 23.6 Å². The average Bonchev–Trinajstić information content (AvgIpc) is 2.30. The fraction of sp³-hybridized carbons (Fsp3) is 0. The largest absolute Gasteiger partial charge is 0.248 e. The minimum absolute atomic E-state index is 0.596. The van der Waals surface area contributed by atoms with Crippen LogP contribution in [0, 0.1) is 17.9 Å². The predicted octanol–water partition coefficient (Wildman–Crippen LogP) is 2.93. The fourth-order valence-corrected chi connectivity index (χ4v) is 1.17. The van der Waals surface area contributed by atoms with Gasteiger partial charge < -0.3 is 0 Å².